The van der Waals surface area contributed by atoms with Gasteiger partial charge in [-0.2, -0.15) is 10.2 Å². The van der Waals surface area contributed by atoms with Gasteiger partial charge in [0.15, 0.2) is 0 Å². The van der Waals surface area contributed by atoms with Crippen LogP contribution in [-0.2, 0) is 17.3 Å². The maximum absolute atomic E-state index is 13.3. The molecule has 148 valence electrons. The lowest BCUT2D eigenvalue weighted by atomic mass is 9.91. The van der Waals surface area contributed by atoms with Crippen LogP contribution in [0.1, 0.15) is 23.5 Å². The Labute approximate surface area is 172 Å². The molecular weight excluding hydrogens is 378 g/mol. The molecule has 0 bridgehead atoms. The van der Waals surface area contributed by atoms with Gasteiger partial charge < -0.3 is 14.5 Å². The van der Waals surface area contributed by atoms with E-state index in [4.69, 9.17) is 0 Å². The second-order valence-corrected chi connectivity index (χ2v) is 8.21. The lowest BCUT2D eigenvalue weighted by Gasteiger charge is -2.12. The van der Waals surface area contributed by atoms with Gasteiger partial charge in [0.2, 0.25) is 5.91 Å². The number of para-hydroxylation sites is 1. The van der Waals surface area contributed by atoms with Gasteiger partial charge >= 0.3 is 0 Å². The number of carbonyl (C=O) groups excluding carboxylic acids is 1. The number of anilines is 1. The molecule has 2 aliphatic rings. The van der Waals surface area contributed by atoms with Crippen LogP contribution in [0.5, 0.6) is 0 Å². The van der Waals surface area contributed by atoms with Gasteiger partial charge in [0.05, 0.1) is 17.8 Å². The van der Waals surface area contributed by atoms with Crippen molar-refractivity contribution >= 4 is 22.5 Å². The number of pyridine rings is 1. The number of amides is 1. The second kappa shape index (κ2) is 5.66. The van der Waals surface area contributed by atoms with Gasteiger partial charge in [0, 0.05) is 48.5 Å². The van der Waals surface area contributed by atoms with Gasteiger partial charge in [-0.1, -0.05) is 18.2 Å². The van der Waals surface area contributed by atoms with E-state index in [0.29, 0.717) is 5.52 Å². The molecule has 1 N–H and O–H groups in total. The molecule has 1 aliphatic heterocycles. The lowest BCUT2D eigenvalue weighted by molar-refractivity contribution is -0.120. The van der Waals surface area contributed by atoms with Crippen LogP contribution in [0.25, 0.3) is 22.2 Å². The molecule has 1 fully saturated rings. The van der Waals surface area contributed by atoms with Crippen molar-refractivity contribution in [2.24, 2.45) is 7.05 Å². The van der Waals surface area contributed by atoms with Crippen LogP contribution in [0.15, 0.2) is 59.8 Å². The Hall–Kier alpha value is -3.74. The maximum Gasteiger partial charge on any atom is 0.274 e. The van der Waals surface area contributed by atoms with E-state index in [2.05, 4.69) is 21.2 Å². The number of likely N-dealkylation sites (N-methyl/N-ethyl adjacent to an activating group) is 1. The second-order valence-electron chi connectivity index (χ2n) is 8.21. The summed E-state index contributed by atoms with van der Waals surface area (Å²) in [5, 5.41) is 8.63. The molecule has 2 unspecified atom stereocenters. The van der Waals surface area contributed by atoms with Crippen molar-refractivity contribution in [2.45, 2.75) is 17.8 Å². The summed E-state index contributed by atoms with van der Waals surface area (Å²) in [6, 6.07) is 11.9. The van der Waals surface area contributed by atoms with Gasteiger partial charge in [-0.15, -0.1) is 0 Å². The van der Waals surface area contributed by atoms with Crippen molar-refractivity contribution in [1.82, 2.24) is 19.7 Å². The molecule has 1 amide bonds. The van der Waals surface area contributed by atoms with Gasteiger partial charge in [0.25, 0.3) is 5.56 Å². The van der Waals surface area contributed by atoms with Crippen LogP contribution in [0.4, 0.5) is 5.69 Å². The number of aryl methyl sites for hydroxylation is 1. The van der Waals surface area contributed by atoms with Crippen LogP contribution in [0.2, 0.25) is 0 Å². The molecule has 1 saturated carbocycles. The number of aromatic nitrogens is 4. The van der Waals surface area contributed by atoms with Gasteiger partial charge in [-0.3, -0.25) is 9.59 Å². The highest BCUT2D eigenvalue weighted by Crippen LogP contribution is 2.66. The van der Waals surface area contributed by atoms with Crippen molar-refractivity contribution in [2.75, 3.05) is 11.9 Å². The average molecular weight is 397 g/mol. The molecule has 1 spiro atoms. The fourth-order valence-corrected chi connectivity index (χ4v) is 5.09. The van der Waals surface area contributed by atoms with E-state index in [0.717, 1.165) is 39.9 Å². The first kappa shape index (κ1) is 17.1. The summed E-state index contributed by atoms with van der Waals surface area (Å²) in [5.41, 5.74) is 4.68. The third kappa shape index (κ3) is 2.04. The molecule has 4 aromatic rings. The number of carbonyl (C=O) groups is 1. The molecular formula is C23H19N5O2. The Morgan fingerprint density at radius 2 is 1.97 bits per heavy atom. The van der Waals surface area contributed by atoms with Gasteiger partial charge in [-0.05, 0) is 35.7 Å². The molecule has 6 rings (SSSR count). The number of fused-ring (bicyclic) bond motifs is 3. The third-order valence-electron chi connectivity index (χ3n) is 6.66. The first-order valence-electron chi connectivity index (χ1n) is 9.89. The monoisotopic (exact) mass is 397 g/mol. The number of aromatic amines is 1. The van der Waals surface area contributed by atoms with Gasteiger partial charge in [0.1, 0.15) is 5.52 Å². The fraction of sp³-hybridized carbons (Fsp3) is 0.217. The first-order chi connectivity index (χ1) is 14.5. The summed E-state index contributed by atoms with van der Waals surface area (Å²) in [7, 11) is 3.60. The third-order valence-corrected chi connectivity index (χ3v) is 6.66. The minimum Gasteiger partial charge on any atom is -0.350 e. The topological polar surface area (TPSA) is 83.9 Å². The summed E-state index contributed by atoms with van der Waals surface area (Å²) < 4.78 is 1.60. The largest absolute Gasteiger partial charge is 0.350 e. The lowest BCUT2D eigenvalue weighted by Crippen LogP contribution is -2.29. The van der Waals surface area contributed by atoms with Crippen molar-refractivity contribution < 1.29 is 4.79 Å². The molecule has 0 saturated heterocycles. The SMILES string of the molecule is CN1C(=O)C2(CC2c2cn(C)c(=O)c3[nH]c(-c4ccnnc4)cc23)c2ccccc21. The van der Waals surface area contributed by atoms with Crippen molar-refractivity contribution in [3.63, 3.8) is 0 Å². The minimum atomic E-state index is -0.536. The minimum absolute atomic E-state index is 0.0321. The standard InChI is InChI=1S/C23H19N5O2/c1-27-12-15(14-9-18(26-20(14)21(27)29)13-7-8-24-25-11-13)17-10-23(17)16-5-3-4-6-19(16)28(2)22(23)30/h3-9,11-12,17,26H,10H2,1-2H3. The van der Waals surface area contributed by atoms with E-state index in [9.17, 15) is 9.59 Å². The average Bonchev–Trinajstić information content (AvgIpc) is 3.30. The Morgan fingerprint density at radius 3 is 2.77 bits per heavy atom. The summed E-state index contributed by atoms with van der Waals surface area (Å²) in [4.78, 5) is 31.1. The fourth-order valence-electron chi connectivity index (χ4n) is 5.09. The Morgan fingerprint density at radius 1 is 1.13 bits per heavy atom. The highest BCUT2D eigenvalue weighted by atomic mass is 16.2. The Balaban J connectivity index is 1.55. The molecule has 7 nitrogen and oxygen atoms in total. The molecule has 1 aromatic carbocycles. The first-order valence-corrected chi connectivity index (χ1v) is 9.89. The van der Waals surface area contributed by atoms with Crippen LogP contribution in [0.3, 0.4) is 0 Å². The number of H-pyrrole nitrogens is 1. The Kier molecular flexibility index (Phi) is 3.23. The zero-order chi connectivity index (χ0) is 20.6. The molecule has 7 heteroatoms. The smallest absolute Gasteiger partial charge is 0.274 e. The van der Waals surface area contributed by atoms with Crippen molar-refractivity contribution in [3.8, 4) is 11.3 Å². The highest BCUT2D eigenvalue weighted by Gasteiger charge is 2.67. The van der Waals surface area contributed by atoms with Crippen LogP contribution in [0, 0.1) is 0 Å². The number of benzene rings is 1. The van der Waals surface area contributed by atoms with E-state index < -0.39 is 5.41 Å². The van der Waals surface area contributed by atoms with Gasteiger partial charge in [-0.25, -0.2) is 0 Å². The number of rotatable bonds is 2. The number of hydrogen-bond acceptors (Lipinski definition) is 4. The van der Waals surface area contributed by atoms with Crippen molar-refractivity contribution in [1.29, 1.82) is 0 Å². The zero-order valence-corrected chi connectivity index (χ0v) is 16.6. The predicted octanol–water partition coefficient (Wildman–Crippen LogP) is 2.73. The normalized spacial score (nSPS) is 22.1. The number of nitrogens with zero attached hydrogens (tertiary/aromatic N) is 4. The summed E-state index contributed by atoms with van der Waals surface area (Å²) in [6.45, 7) is 0. The van der Waals surface area contributed by atoms with E-state index in [1.807, 2.05) is 43.6 Å². The van der Waals surface area contributed by atoms with Crippen LogP contribution >= 0.6 is 0 Å². The van der Waals surface area contributed by atoms with E-state index in [1.165, 1.54) is 0 Å². The van der Waals surface area contributed by atoms with E-state index in [1.54, 1.807) is 28.9 Å². The van der Waals surface area contributed by atoms with Crippen LogP contribution < -0.4 is 10.5 Å². The molecule has 30 heavy (non-hydrogen) atoms. The summed E-state index contributed by atoms with van der Waals surface area (Å²) >= 11 is 0. The maximum atomic E-state index is 13.3. The predicted molar refractivity (Wildman–Crippen MR) is 113 cm³/mol. The molecule has 2 atom stereocenters. The molecule has 0 radical (unpaired) electrons. The van der Waals surface area contributed by atoms with Crippen LogP contribution in [-0.4, -0.2) is 32.7 Å². The quantitative estimate of drug-likeness (QED) is 0.564. The molecule has 3 aromatic heterocycles. The van der Waals surface area contributed by atoms with E-state index in [-0.39, 0.29) is 17.4 Å². The van der Waals surface area contributed by atoms with E-state index >= 15 is 0 Å². The van der Waals surface area contributed by atoms with Crippen molar-refractivity contribution in [3.05, 3.63) is 76.5 Å². The highest BCUT2D eigenvalue weighted by molar-refractivity contribution is 6.11. The number of hydrogen-bond donors (Lipinski definition) is 1. The number of nitrogens with one attached hydrogen (secondary N) is 1. The zero-order valence-electron chi connectivity index (χ0n) is 16.6. The Bertz CT molecular complexity index is 1400. The summed E-state index contributed by atoms with van der Waals surface area (Å²) in [6.07, 6.45) is 5.93. The molecule has 1 aliphatic carbocycles. The summed E-state index contributed by atoms with van der Waals surface area (Å²) in [5.74, 6) is 0.161. The molecule has 4 heterocycles.